The summed E-state index contributed by atoms with van der Waals surface area (Å²) in [6, 6.07) is -4.49. The van der Waals surface area contributed by atoms with Crippen molar-refractivity contribution in [1.82, 2.24) is 25.9 Å². The van der Waals surface area contributed by atoms with Gasteiger partial charge in [0.1, 0.15) is 18.1 Å². The second-order valence-electron chi connectivity index (χ2n) is 9.14. The molecule has 0 aliphatic carbocycles. The molecule has 8 N–H and O–H groups in total. The van der Waals surface area contributed by atoms with Crippen molar-refractivity contribution >= 4 is 29.7 Å². The summed E-state index contributed by atoms with van der Waals surface area (Å²) in [5.74, 6) is -4.76. The quantitative estimate of drug-likeness (QED) is 0.164. The topological polar surface area (TPSA) is 217 Å². The Balaban J connectivity index is 3.04. The Labute approximate surface area is 203 Å². The smallest absolute Gasteiger partial charge is 0.326 e. The maximum Gasteiger partial charge on any atom is 0.326 e. The van der Waals surface area contributed by atoms with Crippen molar-refractivity contribution in [2.24, 2.45) is 17.6 Å². The van der Waals surface area contributed by atoms with Crippen LogP contribution in [0.3, 0.4) is 0 Å². The minimum absolute atomic E-state index is 0.00296. The number of nitrogens with two attached hydrogens (primary N) is 1. The van der Waals surface area contributed by atoms with E-state index in [1.807, 2.05) is 13.8 Å². The summed E-state index contributed by atoms with van der Waals surface area (Å²) in [6.45, 7) is 6.99. The number of aromatic amines is 1. The Morgan fingerprint density at radius 3 is 2.06 bits per heavy atom. The molecule has 0 aliphatic rings. The van der Waals surface area contributed by atoms with Crippen LogP contribution >= 0.6 is 0 Å². The number of carboxylic acid groups (broad SMARTS) is 2. The first-order chi connectivity index (χ1) is 16.3. The largest absolute Gasteiger partial charge is 0.481 e. The lowest BCUT2D eigenvalue weighted by atomic mass is 9.99. The SMILES string of the molecule is CC(C)CC(NC(=O)C(Cc1cnc[nH]1)NC(=O)C(N)CCC(=O)O)C(=O)NC(C(=O)O)C(C)C. The van der Waals surface area contributed by atoms with Gasteiger partial charge in [-0.05, 0) is 24.7 Å². The van der Waals surface area contributed by atoms with Gasteiger partial charge in [-0.15, -0.1) is 0 Å². The number of H-pyrrole nitrogens is 1. The van der Waals surface area contributed by atoms with E-state index in [9.17, 15) is 29.1 Å². The Bertz CT molecular complexity index is 872. The van der Waals surface area contributed by atoms with Gasteiger partial charge in [0.25, 0.3) is 0 Å². The van der Waals surface area contributed by atoms with Crippen LogP contribution in [0.25, 0.3) is 0 Å². The number of nitrogens with one attached hydrogen (secondary N) is 4. The van der Waals surface area contributed by atoms with Gasteiger partial charge in [-0.1, -0.05) is 27.7 Å². The number of nitrogens with zero attached hydrogens (tertiary/aromatic N) is 1. The Kier molecular flexibility index (Phi) is 11.9. The van der Waals surface area contributed by atoms with Gasteiger partial charge in [0.2, 0.25) is 17.7 Å². The molecule has 196 valence electrons. The van der Waals surface area contributed by atoms with Gasteiger partial charge in [0.15, 0.2) is 0 Å². The van der Waals surface area contributed by atoms with Crippen molar-refractivity contribution in [3.05, 3.63) is 18.2 Å². The summed E-state index contributed by atoms with van der Waals surface area (Å²) >= 11 is 0. The highest BCUT2D eigenvalue weighted by Crippen LogP contribution is 2.09. The highest BCUT2D eigenvalue weighted by molar-refractivity contribution is 5.94. The zero-order valence-corrected chi connectivity index (χ0v) is 20.4. The first kappa shape index (κ1) is 29.6. The third-order valence-electron chi connectivity index (χ3n) is 5.19. The van der Waals surface area contributed by atoms with Crippen molar-refractivity contribution in [3.8, 4) is 0 Å². The molecule has 1 aromatic heterocycles. The first-order valence-electron chi connectivity index (χ1n) is 11.4. The summed E-state index contributed by atoms with van der Waals surface area (Å²) in [5, 5.41) is 25.8. The lowest BCUT2D eigenvalue weighted by molar-refractivity contribution is -0.143. The summed E-state index contributed by atoms with van der Waals surface area (Å²) in [4.78, 5) is 67.5. The number of hydrogen-bond acceptors (Lipinski definition) is 7. The molecule has 0 radical (unpaired) electrons. The van der Waals surface area contributed by atoms with Crippen LogP contribution in [0.5, 0.6) is 0 Å². The van der Waals surface area contributed by atoms with Crippen molar-refractivity contribution in [1.29, 1.82) is 0 Å². The molecule has 3 amide bonds. The van der Waals surface area contributed by atoms with E-state index in [0.717, 1.165) is 0 Å². The van der Waals surface area contributed by atoms with Crippen LogP contribution in [0.1, 0.15) is 52.7 Å². The predicted molar refractivity (Wildman–Crippen MR) is 125 cm³/mol. The van der Waals surface area contributed by atoms with E-state index in [4.69, 9.17) is 10.8 Å². The van der Waals surface area contributed by atoms with Crippen LogP contribution in [0.15, 0.2) is 12.5 Å². The van der Waals surface area contributed by atoms with Crippen LogP contribution in [-0.2, 0) is 30.4 Å². The molecule has 0 fully saturated rings. The number of aromatic nitrogens is 2. The highest BCUT2D eigenvalue weighted by atomic mass is 16.4. The van der Waals surface area contributed by atoms with Gasteiger partial charge in [0.05, 0.1) is 12.4 Å². The normalized spacial score (nSPS) is 14.6. The van der Waals surface area contributed by atoms with E-state index < -0.39 is 53.8 Å². The maximum absolute atomic E-state index is 13.2. The maximum atomic E-state index is 13.2. The van der Waals surface area contributed by atoms with E-state index in [0.29, 0.717) is 5.69 Å². The van der Waals surface area contributed by atoms with Gasteiger partial charge in [-0.3, -0.25) is 19.2 Å². The Morgan fingerprint density at radius 2 is 1.57 bits per heavy atom. The summed E-state index contributed by atoms with van der Waals surface area (Å²) in [5.41, 5.74) is 6.30. The van der Waals surface area contributed by atoms with Gasteiger partial charge < -0.3 is 36.9 Å². The number of imidazole rings is 1. The zero-order chi connectivity index (χ0) is 26.7. The first-order valence-corrected chi connectivity index (χ1v) is 11.4. The van der Waals surface area contributed by atoms with Crippen molar-refractivity contribution < 1.29 is 34.2 Å². The summed E-state index contributed by atoms with van der Waals surface area (Å²) < 4.78 is 0. The molecule has 1 rings (SSSR count). The van der Waals surface area contributed by atoms with E-state index in [1.165, 1.54) is 12.5 Å². The molecule has 0 bridgehead atoms. The molecule has 0 saturated carbocycles. The Morgan fingerprint density at radius 1 is 0.971 bits per heavy atom. The molecule has 13 heteroatoms. The molecule has 35 heavy (non-hydrogen) atoms. The van der Waals surface area contributed by atoms with Crippen LogP contribution in [0.4, 0.5) is 0 Å². The molecule has 4 atom stereocenters. The van der Waals surface area contributed by atoms with E-state index >= 15 is 0 Å². The van der Waals surface area contributed by atoms with Crippen LogP contribution < -0.4 is 21.7 Å². The molecular weight excluding hydrogens is 460 g/mol. The van der Waals surface area contributed by atoms with Gasteiger partial charge in [0, 0.05) is 24.7 Å². The number of carbonyl (C=O) groups excluding carboxylic acids is 3. The second kappa shape index (κ2) is 14.0. The zero-order valence-electron chi connectivity index (χ0n) is 20.4. The molecule has 0 aliphatic heterocycles. The minimum atomic E-state index is -1.19. The molecular formula is C22H36N6O7. The molecule has 1 aromatic rings. The Hall–Kier alpha value is -3.48. The lowest BCUT2D eigenvalue weighted by Crippen LogP contribution is -2.58. The number of carboxylic acids is 2. The van der Waals surface area contributed by atoms with Crippen molar-refractivity contribution in [3.63, 3.8) is 0 Å². The molecule has 1 heterocycles. The number of carbonyl (C=O) groups is 5. The predicted octanol–water partition coefficient (Wildman–Crippen LogP) is -0.615. The number of hydrogen-bond donors (Lipinski definition) is 7. The van der Waals surface area contributed by atoms with Gasteiger partial charge in [-0.25, -0.2) is 9.78 Å². The number of rotatable bonds is 15. The van der Waals surface area contributed by atoms with E-state index in [2.05, 4.69) is 25.9 Å². The number of amides is 3. The third-order valence-corrected chi connectivity index (χ3v) is 5.19. The van der Waals surface area contributed by atoms with Crippen LogP contribution in [0.2, 0.25) is 0 Å². The second-order valence-corrected chi connectivity index (χ2v) is 9.14. The van der Waals surface area contributed by atoms with Crippen molar-refractivity contribution in [2.75, 3.05) is 0 Å². The fourth-order valence-electron chi connectivity index (χ4n) is 3.26. The standard InChI is InChI=1S/C22H36N6O7/c1-11(2)7-15(21(33)28-18(12(3)4)22(34)35)27-20(32)16(8-13-9-24-10-25-13)26-19(31)14(23)5-6-17(29)30/h9-12,14-16,18H,5-8,23H2,1-4H3,(H,24,25)(H,26,31)(H,27,32)(H,28,33)(H,29,30)(H,34,35). The van der Waals surface area contributed by atoms with Gasteiger partial charge in [-0.2, -0.15) is 0 Å². The van der Waals surface area contributed by atoms with E-state index in [-0.39, 0.29) is 37.5 Å². The average Bonchev–Trinajstić information content (AvgIpc) is 3.26. The summed E-state index contributed by atoms with van der Waals surface area (Å²) in [6.07, 6.45) is 2.66. The molecule has 0 aromatic carbocycles. The minimum Gasteiger partial charge on any atom is -0.481 e. The molecule has 0 saturated heterocycles. The monoisotopic (exact) mass is 496 g/mol. The summed E-state index contributed by atoms with van der Waals surface area (Å²) in [7, 11) is 0. The number of aliphatic carboxylic acids is 2. The molecule has 0 spiro atoms. The van der Waals surface area contributed by atoms with Crippen LogP contribution in [-0.4, -0.2) is 74.0 Å². The fraction of sp³-hybridized carbons (Fsp3) is 0.636. The fourth-order valence-corrected chi connectivity index (χ4v) is 3.26. The lowest BCUT2D eigenvalue weighted by Gasteiger charge is -2.26. The van der Waals surface area contributed by atoms with Crippen LogP contribution in [0, 0.1) is 11.8 Å². The molecule has 13 nitrogen and oxygen atoms in total. The van der Waals surface area contributed by atoms with Gasteiger partial charge >= 0.3 is 11.9 Å². The third kappa shape index (κ3) is 10.5. The average molecular weight is 497 g/mol. The van der Waals surface area contributed by atoms with E-state index in [1.54, 1.807) is 13.8 Å². The van der Waals surface area contributed by atoms with Crippen molar-refractivity contribution in [2.45, 2.75) is 77.5 Å². The highest BCUT2D eigenvalue weighted by Gasteiger charge is 2.32. The molecule has 4 unspecified atom stereocenters.